The first-order chi connectivity index (χ1) is 21.2. The fourth-order valence-electron chi connectivity index (χ4n) is 3.17. The molecule has 3 rings (SSSR count). The highest BCUT2D eigenvalue weighted by molar-refractivity contribution is 8.08. The van der Waals surface area contributed by atoms with E-state index in [9.17, 15) is 14.7 Å². The molecular formula is C30H32N3O9PS. The Morgan fingerprint density at radius 2 is 1.05 bits per heavy atom. The molecule has 0 aliphatic heterocycles. The number of benzene rings is 3. The molecule has 0 fully saturated rings. The zero-order valence-electron chi connectivity index (χ0n) is 23.5. The largest absolute Gasteiger partial charge is 0.490 e. The van der Waals surface area contributed by atoms with Gasteiger partial charge in [-0.25, -0.2) is 9.59 Å². The molecule has 44 heavy (non-hydrogen) atoms. The highest BCUT2D eigenvalue weighted by atomic mass is 32.5. The van der Waals surface area contributed by atoms with Crippen molar-refractivity contribution in [3.63, 3.8) is 0 Å². The highest BCUT2D eigenvalue weighted by Gasteiger charge is 2.27. The van der Waals surface area contributed by atoms with Gasteiger partial charge in [-0.1, -0.05) is 31.4 Å². The van der Waals surface area contributed by atoms with Crippen LogP contribution in [0.4, 0.5) is 26.7 Å². The van der Waals surface area contributed by atoms with Gasteiger partial charge < -0.3 is 38.2 Å². The first kappa shape index (κ1) is 33.7. The number of ether oxygens (including phenoxy) is 3. The van der Waals surface area contributed by atoms with Crippen molar-refractivity contribution in [2.45, 2.75) is 6.41 Å². The van der Waals surface area contributed by atoms with Gasteiger partial charge in [0.15, 0.2) is 0 Å². The number of amides is 2. The minimum absolute atomic E-state index is 0.0712. The second kappa shape index (κ2) is 17.3. The van der Waals surface area contributed by atoms with Gasteiger partial charge in [0, 0.05) is 28.9 Å². The van der Waals surface area contributed by atoms with Gasteiger partial charge in [0.25, 0.3) is 0 Å². The molecule has 3 aromatic carbocycles. The Hall–Kier alpha value is -4.81. The van der Waals surface area contributed by atoms with Gasteiger partial charge in [0.05, 0.1) is 6.61 Å². The van der Waals surface area contributed by atoms with Crippen LogP contribution in [0.3, 0.4) is 0 Å². The molecule has 0 aliphatic carbocycles. The quantitative estimate of drug-likeness (QED) is 0.0701. The van der Waals surface area contributed by atoms with Gasteiger partial charge in [0.1, 0.15) is 30.5 Å². The molecule has 0 saturated heterocycles. The minimum Gasteiger partial charge on any atom is -0.445 e. The molecule has 0 radical (unpaired) electrons. The van der Waals surface area contributed by atoms with E-state index in [2.05, 4.69) is 35.7 Å². The molecule has 2 amide bonds. The molecule has 4 N–H and O–H groups in total. The molecule has 1 atom stereocenters. The maximum absolute atomic E-state index is 11.8. The van der Waals surface area contributed by atoms with Crippen molar-refractivity contribution in [3.05, 3.63) is 111 Å². The lowest BCUT2D eigenvalue weighted by molar-refractivity contribution is -0.0668. The van der Waals surface area contributed by atoms with Crippen LogP contribution in [0.25, 0.3) is 0 Å². The fraction of sp³-hybridized carbons (Fsp3) is 0.133. The van der Waals surface area contributed by atoms with Gasteiger partial charge in [-0.15, -0.1) is 6.58 Å². The number of anilines is 3. The van der Waals surface area contributed by atoms with Crippen molar-refractivity contribution in [1.29, 1.82) is 0 Å². The van der Waals surface area contributed by atoms with Crippen LogP contribution in [0.1, 0.15) is 0 Å². The normalized spacial score (nSPS) is 11.2. The zero-order chi connectivity index (χ0) is 31.8. The Kier molecular flexibility index (Phi) is 13.3. The smallest absolute Gasteiger partial charge is 0.445 e. The Morgan fingerprint density at radius 1 is 0.682 bits per heavy atom. The Labute approximate surface area is 260 Å². The van der Waals surface area contributed by atoms with Crippen LogP contribution in [-0.2, 0) is 26.0 Å². The number of hydrogen-bond acceptors (Lipinski definition) is 11. The third-order valence-electron chi connectivity index (χ3n) is 5.03. The molecule has 0 bridgehead atoms. The van der Waals surface area contributed by atoms with Crippen molar-refractivity contribution in [2.24, 2.45) is 0 Å². The van der Waals surface area contributed by atoms with Crippen molar-refractivity contribution < 1.29 is 42.5 Å². The third-order valence-corrected chi connectivity index (χ3v) is 7.01. The van der Waals surface area contributed by atoms with Crippen molar-refractivity contribution >= 4 is 47.8 Å². The maximum atomic E-state index is 11.8. The summed E-state index contributed by atoms with van der Waals surface area (Å²) in [5.41, 5.74) is 1.46. The number of aliphatic hydroxyl groups excluding tert-OH is 1. The summed E-state index contributed by atoms with van der Waals surface area (Å²) >= 11 is 5.76. The van der Waals surface area contributed by atoms with Crippen LogP contribution < -0.4 is 29.5 Å². The van der Waals surface area contributed by atoms with E-state index in [1.165, 1.54) is 18.2 Å². The lowest BCUT2D eigenvalue weighted by Crippen LogP contribution is -2.22. The third kappa shape index (κ3) is 11.8. The van der Waals surface area contributed by atoms with E-state index in [4.69, 9.17) is 39.6 Å². The second-order valence-corrected chi connectivity index (χ2v) is 11.2. The predicted octanol–water partition coefficient (Wildman–Crippen LogP) is 6.81. The van der Waals surface area contributed by atoms with Gasteiger partial charge in [-0.2, -0.15) is 0 Å². The van der Waals surface area contributed by atoms with Crippen molar-refractivity contribution in [1.82, 2.24) is 0 Å². The van der Waals surface area contributed by atoms with E-state index in [0.717, 1.165) is 0 Å². The SMILES string of the molecule is C=CCOC(=O)Nc1ccc(OP(=S)(Oc2ccc(NC(=O)OCC=C)cc2)Oc2ccc(NC(O)OCC=C)cc2)cc1. The monoisotopic (exact) mass is 641 g/mol. The molecule has 232 valence electrons. The standard InChI is InChI=1S/C30H32N3O9PS/c1-4-19-37-28(34)31-22-7-13-25(14-8-22)40-43(44,41-26-15-9-23(10-16-26)32-29(35)38-20-5-2)42-27-17-11-24(12-18-27)33-30(36)39-21-6-3/h4-18,28,31,34H,1-3,19-21H2,(H,32,35)(H,33,36). The summed E-state index contributed by atoms with van der Waals surface area (Å²) in [6.07, 6.45) is 1.91. The predicted molar refractivity (Wildman–Crippen MR) is 172 cm³/mol. The van der Waals surface area contributed by atoms with Crippen LogP contribution in [0.2, 0.25) is 0 Å². The summed E-state index contributed by atoms with van der Waals surface area (Å²) in [5, 5.41) is 17.8. The van der Waals surface area contributed by atoms with Crippen LogP contribution >= 0.6 is 6.72 Å². The van der Waals surface area contributed by atoms with E-state index in [1.54, 1.807) is 72.8 Å². The Balaban J connectivity index is 1.76. The highest BCUT2D eigenvalue weighted by Crippen LogP contribution is 2.50. The summed E-state index contributed by atoms with van der Waals surface area (Å²) in [5.74, 6) is 0.941. The van der Waals surface area contributed by atoms with Gasteiger partial charge in [-0.3, -0.25) is 10.6 Å². The number of hydrogen-bond donors (Lipinski definition) is 4. The second-order valence-electron chi connectivity index (χ2n) is 8.44. The average molecular weight is 642 g/mol. The van der Waals surface area contributed by atoms with E-state index in [-0.39, 0.29) is 19.8 Å². The van der Waals surface area contributed by atoms with Crippen LogP contribution in [0.5, 0.6) is 17.2 Å². The number of carbonyl (C=O) groups excluding carboxylic acids is 2. The number of rotatable bonds is 17. The molecule has 3 aromatic rings. The molecule has 0 spiro atoms. The van der Waals surface area contributed by atoms with Gasteiger partial charge in [-0.05, 0) is 72.8 Å². The first-order valence-electron chi connectivity index (χ1n) is 13.0. The van der Waals surface area contributed by atoms with E-state index in [0.29, 0.717) is 34.3 Å². The van der Waals surface area contributed by atoms with Crippen LogP contribution in [0, 0.1) is 0 Å². The van der Waals surface area contributed by atoms with Crippen LogP contribution in [-0.4, -0.2) is 43.5 Å². The molecule has 14 heteroatoms. The molecule has 12 nitrogen and oxygen atoms in total. The molecular weight excluding hydrogens is 609 g/mol. The summed E-state index contributed by atoms with van der Waals surface area (Å²) in [6, 6.07) is 19.2. The van der Waals surface area contributed by atoms with E-state index in [1.807, 2.05) is 0 Å². The lowest BCUT2D eigenvalue weighted by Gasteiger charge is -2.23. The minimum atomic E-state index is -3.58. The zero-order valence-corrected chi connectivity index (χ0v) is 25.3. The van der Waals surface area contributed by atoms with Crippen LogP contribution in [0.15, 0.2) is 111 Å². The first-order valence-corrected chi connectivity index (χ1v) is 15.5. The van der Waals surface area contributed by atoms with Crippen molar-refractivity contribution in [2.75, 3.05) is 35.8 Å². The van der Waals surface area contributed by atoms with Crippen molar-refractivity contribution in [3.8, 4) is 17.2 Å². The van der Waals surface area contributed by atoms with Gasteiger partial charge >= 0.3 is 18.9 Å². The molecule has 0 heterocycles. The Bertz CT molecular complexity index is 1380. The van der Waals surface area contributed by atoms with E-state index < -0.39 is 25.3 Å². The summed E-state index contributed by atoms with van der Waals surface area (Å²) in [6.45, 7) is 7.26. The molecule has 0 aromatic heterocycles. The van der Waals surface area contributed by atoms with Gasteiger partial charge in [0.2, 0.25) is 6.41 Å². The fourth-order valence-corrected chi connectivity index (χ4v) is 5.20. The van der Waals surface area contributed by atoms with E-state index >= 15 is 0 Å². The molecule has 0 saturated carbocycles. The summed E-state index contributed by atoms with van der Waals surface area (Å²) in [7, 11) is 0. The lowest BCUT2D eigenvalue weighted by atomic mass is 10.3. The number of aliphatic hydroxyl groups is 1. The summed E-state index contributed by atoms with van der Waals surface area (Å²) < 4.78 is 33.1. The number of nitrogens with one attached hydrogen (secondary N) is 3. The summed E-state index contributed by atoms with van der Waals surface area (Å²) in [4.78, 5) is 23.6. The topological polar surface area (TPSA) is 146 Å². The molecule has 0 aliphatic rings. The average Bonchev–Trinajstić information content (AvgIpc) is 3.01. The number of carbonyl (C=O) groups is 2. The Morgan fingerprint density at radius 3 is 1.41 bits per heavy atom. The maximum Gasteiger partial charge on any atom is 0.490 e. The molecule has 1 unspecified atom stereocenters.